The van der Waals surface area contributed by atoms with Crippen molar-refractivity contribution >= 4 is 23.7 Å². The first kappa shape index (κ1) is 32.8. The van der Waals surface area contributed by atoms with E-state index in [0.717, 1.165) is 22.3 Å². The Bertz CT molecular complexity index is 1710. The van der Waals surface area contributed by atoms with E-state index in [1.807, 2.05) is 32.8 Å². The Morgan fingerprint density at radius 3 is 2.58 bits per heavy atom. The zero-order valence-electron chi connectivity index (χ0n) is 28.1. The van der Waals surface area contributed by atoms with Crippen molar-refractivity contribution in [1.29, 1.82) is 5.26 Å². The summed E-state index contributed by atoms with van der Waals surface area (Å²) >= 11 is 1.57. The van der Waals surface area contributed by atoms with Gasteiger partial charge in [-0.25, -0.2) is 0 Å². The van der Waals surface area contributed by atoms with Gasteiger partial charge in [-0.1, -0.05) is 6.07 Å². The van der Waals surface area contributed by atoms with Gasteiger partial charge in [-0.2, -0.15) is 5.26 Å². The standard InChI is InChI=1S/C34H40N4O9S/c1-15-8-18-9-19-20(10-35)38-21-11-43-34(40)22(37(4)5)12-48-33(27(38)26(36-19)23(18)31(28(15)42-7)44-13-41-6)25-24(21)32-30(45-14-46-32)16(2)29(25)47-17(3)39/h8,19-22,26-27,33,36H,9,11-14H2,1-7H3/t19-,20-,21-,22-,26+,27?,33+/m0/s1. The number of carbonyl (C=O) groups is 2. The van der Waals surface area contributed by atoms with Crippen LogP contribution in [-0.4, -0.2) is 100 Å². The molecule has 13 nitrogen and oxygen atoms in total. The van der Waals surface area contributed by atoms with Crippen LogP contribution in [0.4, 0.5) is 0 Å². The molecular formula is C34H40N4O9S. The fourth-order valence-electron chi connectivity index (χ4n) is 8.16. The number of nitrogens with one attached hydrogen (secondary N) is 1. The SMILES string of the molecule is COCOc1c(OC)c(C)cc2c1[C@H]1N[C@@H](C2)[C@H](C#N)N2C1[C@@H]1SC[C@H](N(C)C)C(=O)OC[C@H]2c2c3c(c(C)c(OC(C)=O)c21)OCO3. The average Bonchev–Trinajstić information content (AvgIpc) is 3.54. The van der Waals surface area contributed by atoms with Crippen molar-refractivity contribution < 1.29 is 42.7 Å². The number of esters is 2. The number of cyclic esters (lactones) is 1. The van der Waals surface area contributed by atoms with Gasteiger partial charge in [-0.05, 0) is 45.5 Å². The van der Waals surface area contributed by atoms with Crippen LogP contribution in [0.15, 0.2) is 6.07 Å². The van der Waals surface area contributed by atoms with Gasteiger partial charge in [0.1, 0.15) is 24.4 Å². The molecule has 0 aromatic heterocycles. The van der Waals surface area contributed by atoms with Crippen molar-refractivity contribution in [1.82, 2.24) is 15.1 Å². The Balaban J connectivity index is 1.53. The van der Waals surface area contributed by atoms with E-state index >= 15 is 0 Å². The number of thioether (sulfide) groups is 1. The molecule has 2 aromatic carbocycles. The van der Waals surface area contributed by atoms with E-state index in [9.17, 15) is 14.9 Å². The molecule has 0 spiro atoms. The summed E-state index contributed by atoms with van der Waals surface area (Å²) < 4.78 is 41.8. The topological polar surface area (TPSA) is 141 Å². The van der Waals surface area contributed by atoms with Crippen molar-refractivity contribution in [3.8, 4) is 34.8 Å². The van der Waals surface area contributed by atoms with Crippen molar-refractivity contribution in [2.45, 2.75) is 68.7 Å². The number of rotatable bonds is 6. The number of hydrogen-bond acceptors (Lipinski definition) is 14. The number of ether oxygens (including phenoxy) is 7. The lowest BCUT2D eigenvalue weighted by molar-refractivity contribution is -0.152. The molecule has 7 atom stereocenters. The number of piperazine rings is 1. The number of aryl methyl sites for hydroxylation is 1. The maximum Gasteiger partial charge on any atom is 0.324 e. The van der Waals surface area contributed by atoms with Gasteiger partial charge in [0.15, 0.2) is 29.8 Å². The van der Waals surface area contributed by atoms with Crippen molar-refractivity contribution in [2.24, 2.45) is 0 Å². The Kier molecular flexibility index (Phi) is 8.62. The fourth-order valence-corrected chi connectivity index (χ4v) is 9.88. The number of methoxy groups -OCH3 is 2. The predicted octanol–water partition coefficient (Wildman–Crippen LogP) is 3.10. The van der Waals surface area contributed by atoms with Crippen LogP contribution < -0.4 is 29.0 Å². The largest absolute Gasteiger partial charge is 0.493 e. The maximum atomic E-state index is 13.5. The molecule has 7 rings (SSSR count). The van der Waals surface area contributed by atoms with E-state index in [1.165, 1.54) is 6.92 Å². The van der Waals surface area contributed by atoms with Crippen LogP contribution in [0.5, 0.6) is 28.7 Å². The third-order valence-electron chi connectivity index (χ3n) is 10.1. The zero-order chi connectivity index (χ0) is 34.0. The van der Waals surface area contributed by atoms with E-state index < -0.39 is 35.4 Å². The molecule has 0 saturated carbocycles. The van der Waals surface area contributed by atoms with Gasteiger partial charge in [-0.15, -0.1) is 11.8 Å². The average molecular weight is 681 g/mol. The van der Waals surface area contributed by atoms with E-state index in [1.54, 1.807) is 26.0 Å². The predicted molar refractivity (Wildman–Crippen MR) is 174 cm³/mol. The summed E-state index contributed by atoms with van der Waals surface area (Å²) in [6, 6.07) is 1.97. The summed E-state index contributed by atoms with van der Waals surface area (Å²) in [5.41, 5.74) is 5.05. The van der Waals surface area contributed by atoms with E-state index in [-0.39, 0.29) is 38.2 Å². The van der Waals surface area contributed by atoms with Crippen molar-refractivity contribution in [3.63, 3.8) is 0 Å². The zero-order valence-corrected chi connectivity index (χ0v) is 28.9. The Labute approximate surface area is 283 Å². The second-order valence-electron chi connectivity index (χ2n) is 13.0. The van der Waals surface area contributed by atoms with Gasteiger partial charge < -0.3 is 38.5 Å². The van der Waals surface area contributed by atoms with Crippen LogP contribution in [0.2, 0.25) is 0 Å². The Morgan fingerprint density at radius 2 is 1.90 bits per heavy atom. The third kappa shape index (κ3) is 4.97. The first-order valence-corrected chi connectivity index (χ1v) is 17.0. The van der Waals surface area contributed by atoms with Gasteiger partial charge in [-0.3, -0.25) is 19.4 Å². The lowest BCUT2D eigenvalue weighted by Crippen LogP contribution is -2.69. The fraction of sp³-hybridized carbons (Fsp3) is 0.559. The molecule has 5 aliphatic heterocycles. The summed E-state index contributed by atoms with van der Waals surface area (Å²) in [4.78, 5) is 30.3. The number of nitriles is 1. The van der Waals surface area contributed by atoms with Crippen LogP contribution in [0.1, 0.15) is 57.6 Å². The molecule has 0 amide bonds. The summed E-state index contributed by atoms with van der Waals surface area (Å²) in [6.45, 7) is 5.18. The van der Waals surface area contributed by atoms with Gasteiger partial charge in [0.05, 0.1) is 30.5 Å². The molecule has 1 unspecified atom stereocenters. The van der Waals surface area contributed by atoms with Crippen LogP contribution in [0.3, 0.4) is 0 Å². The third-order valence-corrected chi connectivity index (χ3v) is 11.4. The molecule has 2 aromatic rings. The monoisotopic (exact) mass is 680 g/mol. The summed E-state index contributed by atoms with van der Waals surface area (Å²) in [5.74, 6) is 2.17. The van der Waals surface area contributed by atoms with Crippen molar-refractivity contribution in [3.05, 3.63) is 39.4 Å². The minimum atomic E-state index is -0.619. The van der Waals surface area contributed by atoms with Gasteiger partial charge in [0, 0.05) is 54.1 Å². The van der Waals surface area contributed by atoms with E-state index in [0.29, 0.717) is 52.0 Å². The summed E-state index contributed by atoms with van der Waals surface area (Å²) in [7, 11) is 6.90. The highest BCUT2D eigenvalue weighted by Gasteiger charge is 2.59. The number of carbonyl (C=O) groups excluding carboxylic acids is 2. The van der Waals surface area contributed by atoms with E-state index in [4.69, 9.17) is 33.2 Å². The smallest absolute Gasteiger partial charge is 0.324 e. The number of hydrogen-bond donors (Lipinski definition) is 1. The number of likely N-dealkylation sites (N-methyl/N-ethyl adjacent to an activating group) is 1. The van der Waals surface area contributed by atoms with Crippen LogP contribution in [-0.2, 0) is 25.5 Å². The van der Waals surface area contributed by atoms with Gasteiger partial charge in [0.2, 0.25) is 6.79 Å². The molecule has 0 radical (unpaired) electrons. The van der Waals surface area contributed by atoms with Crippen LogP contribution in [0, 0.1) is 25.2 Å². The Hall–Kier alpha value is -3.74. The quantitative estimate of drug-likeness (QED) is 0.271. The second kappa shape index (κ2) is 12.6. The lowest BCUT2D eigenvalue weighted by atomic mass is 9.72. The molecule has 2 fully saturated rings. The molecule has 256 valence electrons. The van der Waals surface area contributed by atoms with Crippen molar-refractivity contribution in [2.75, 3.05) is 54.3 Å². The normalized spacial score (nSPS) is 28.5. The Morgan fingerprint density at radius 1 is 1.12 bits per heavy atom. The first-order valence-electron chi connectivity index (χ1n) is 15.9. The highest BCUT2D eigenvalue weighted by atomic mass is 32.2. The maximum absolute atomic E-state index is 13.5. The van der Waals surface area contributed by atoms with Crippen LogP contribution in [0.25, 0.3) is 0 Å². The summed E-state index contributed by atoms with van der Waals surface area (Å²) in [5, 5.41) is 14.3. The molecular weight excluding hydrogens is 640 g/mol. The number of nitrogens with zero attached hydrogens (tertiary/aromatic N) is 3. The van der Waals surface area contributed by atoms with E-state index in [2.05, 4.69) is 22.4 Å². The van der Waals surface area contributed by atoms with Gasteiger partial charge >= 0.3 is 11.9 Å². The molecule has 1 N–H and O–H groups in total. The molecule has 5 heterocycles. The molecule has 48 heavy (non-hydrogen) atoms. The molecule has 5 aliphatic rings. The highest BCUT2D eigenvalue weighted by molar-refractivity contribution is 7.99. The first-order chi connectivity index (χ1) is 23.1. The number of fused-ring (bicyclic) bond motifs is 9. The molecule has 4 bridgehead atoms. The highest BCUT2D eigenvalue weighted by Crippen LogP contribution is 2.62. The molecule has 2 saturated heterocycles. The minimum absolute atomic E-state index is 0.0101. The summed E-state index contributed by atoms with van der Waals surface area (Å²) in [6.07, 6.45) is 0.561. The lowest BCUT2D eigenvalue weighted by Gasteiger charge is -2.59. The molecule has 14 heteroatoms. The van der Waals surface area contributed by atoms with Gasteiger partial charge in [0.25, 0.3) is 0 Å². The second-order valence-corrected chi connectivity index (χ2v) is 14.1. The minimum Gasteiger partial charge on any atom is -0.493 e. The number of benzene rings is 2. The molecule has 0 aliphatic carbocycles. The van der Waals surface area contributed by atoms with Crippen LogP contribution >= 0.6 is 11.8 Å².